The smallest absolute Gasteiger partial charge is 0.384 e. The number of hydrogen-bond acceptors (Lipinski definition) is 4. The molecule has 0 aliphatic heterocycles. The highest BCUT2D eigenvalue weighted by Gasteiger charge is 2.36. The summed E-state index contributed by atoms with van der Waals surface area (Å²) in [6.07, 6.45) is -4.49. The van der Waals surface area contributed by atoms with E-state index in [2.05, 4.69) is 10.1 Å². The van der Waals surface area contributed by atoms with Gasteiger partial charge in [-0.15, -0.1) is 5.10 Å². The van der Waals surface area contributed by atoms with E-state index in [0.29, 0.717) is 0 Å². The number of anilines is 2. The molecule has 0 aliphatic rings. The molecule has 2 heterocycles. The largest absolute Gasteiger partial charge is 0.416 e. The molecule has 2 aromatic rings. The van der Waals surface area contributed by atoms with Crippen molar-refractivity contribution in [1.29, 1.82) is 0 Å². The average molecular weight is 259 g/mol. The molecule has 0 saturated heterocycles. The molecule has 5 nitrogen and oxygen atoms in total. The van der Waals surface area contributed by atoms with Gasteiger partial charge in [0.15, 0.2) is 5.65 Å². The number of aromatic nitrogens is 3. The molecular weight excluding hydrogens is 247 g/mol. The Labute approximate surface area is 101 Å². The molecule has 2 aromatic heterocycles. The first-order chi connectivity index (χ1) is 8.21. The lowest BCUT2D eigenvalue weighted by atomic mass is 9.98. The number of nitrogens with zero attached hydrogens (tertiary/aromatic N) is 3. The summed E-state index contributed by atoms with van der Waals surface area (Å²) in [5.41, 5.74) is 10.2. The van der Waals surface area contributed by atoms with Gasteiger partial charge in [-0.1, -0.05) is 13.8 Å². The Kier molecular flexibility index (Phi) is 2.60. The predicted molar refractivity (Wildman–Crippen MR) is 60.9 cm³/mol. The van der Waals surface area contributed by atoms with Crippen LogP contribution >= 0.6 is 0 Å². The molecule has 0 aromatic carbocycles. The zero-order valence-corrected chi connectivity index (χ0v) is 9.78. The summed E-state index contributed by atoms with van der Waals surface area (Å²) in [4.78, 5) is 3.82. The highest BCUT2D eigenvalue weighted by atomic mass is 19.4. The molecule has 0 saturated carbocycles. The van der Waals surface area contributed by atoms with Crippen LogP contribution in [0.1, 0.15) is 30.9 Å². The fourth-order valence-electron chi connectivity index (χ4n) is 1.89. The van der Waals surface area contributed by atoms with Gasteiger partial charge in [-0.2, -0.15) is 22.7 Å². The molecule has 0 aliphatic carbocycles. The zero-order valence-electron chi connectivity index (χ0n) is 9.78. The topological polar surface area (TPSA) is 82.2 Å². The maximum atomic E-state index is 13.0. The second-order valence-electron chi connectivity index (χ2n) is 4.25. The number of alkyl halides is 3. The number of nitrogen functional groups attached to an aromatic ring is 2. The minimum absolute atomic E-state index is 0.0425. The van der Waals surface area contributed by atoms with E-state index < -0.39 is 11.7 Å². The van der Waals surface area contributed by atoms with Gasteiger partial charge in [-0.05, 0) is 12.0 Å². The lowest BCUT2D eigenvalue weighted by molar-refractivity contribution is -0.138. The van der Waals surface area contributed by atoms with Crippen molar-refractivity contribution in [1.82, 2.24) is 14.6 Å². The maximum Gasteiger partial charge on any atom is 0.416 e. The quantitative estimate of drug-likeness (QED) is 0.821. The minimum Gasteiger partial charge on any atom is -0.384 e. The third-order valence-corrected chi connectivity index (χ3v) is 2.57. The summed E-state index contributed by atoms with van der Waals surface area (Å²) in [7, 11) is 0. The Morgan fingerprint density at radius 3 is 2.39 bits per heavy atom. The van der Waals surface area contributed by atoms with E-state index in [4.69, 9.17) is 11.5 Å². The molecule has 0 radical (unpaired) electrons. The van der Waals surface area contributed by atoms with Crippen LogP contribution in [-0.2, 0) is 6.18 Å². The van der Waals surface area contributed by atoms with Gasteiger partial charge in [-0.25, -0.2) is 0 Å². The number of fused-ring (bicyclic) bond motifs is 1. The van der Waals surface area contributed by atoms with Crippen LogP contribution in [0.5, 0.6) is 0 Å². The third kappa shape index (κ3) is 1.83. The van der Waals surface area contributed by atoms with Gasteiger partial charge in [0.1, 0.15) is 5.82 Å². The second-order valence-corrected chi connectivity index (χ2v) is 4.25. The molecule has 0 unspecified atom stereocenters. The normalized spacial score (nSPS) is 12.6. The molecule has 8 heteroatoms. The van der Waals surface area contributed by atoms with Crippen LogP contribution in [-0.4, -0.2) is 14.6 Å². The lowest BCUT2D eigenvalue weighted by Gasteiger charge is -2.17. The Hall–Kier alpha value is -1.99. The molecule has 0 spiro atoms. The number of nitrogens with two attached hydrogens (primary N) is 2. The van der Waals surface area contributed by atoms with Crippen molar-refractivity contribution in [2.75, 3.05) is 11.5 Å². The summed E-state index contributed by atoms with van der Waals surface area (Å²) in [5, 5.41) is 3.77. The van der Waals surface area contributed by atoms with Gasteiger partial charge >= 0.3 is 6.18 Å². The molecular formula is C10H12F3N5. The fraction of sp³-hybridized carbons (Fsp3) is 0.400. The van der Waals surface area contributed by atoms with Crippen molar-refractivity contribution in [3.8, 4) is 0 Å². The van der Waals surface area contributed by atoms with Crippen molar-refractivity contribution in [2.24, 2.45) is 0 Å². The minimum atomic E-state index is -4.49. The van der Waals surface area contributed by atoms with Crippen LogP contribution in [0.25, 0.3) is 5.65 Å². The van der Waals surface area contributed by atoms with Crippen molar-refractivity contribution < 1.29 is 13.2 Å². The van der Waals surface area contributed by atoms with Crippen LogP contribution in [0, 0.1) is 0 Å². The lowest BCUT2D eigenvalue weighted by Crippen LogP contribution is -2.14. The van der Waals surface area contributed by atoms with Crippen LogP contribution in [0.15, 0.2) is 6.07 Å². The first-order valence-electron chi connectivity index (χ1n) is 5.23. The zero-order chi connectivity index (χ0) is 13.7. The van der Waals surface area contributed by atoms with Crippen molar-refractivity contribution in [2.45, 2.75) is 25.9 Å². The summed E-state index contributed by atoms with van der Waals surface area (Å²) in [5.74, 6) is -0.637. The van der Waals surface area contributed by atoms with E-state index in [1.807, 2.05) is 0 Å². The van der Waals surface area contributed by atoms with Gasteiger partial charge in [0, 0.05) is 5.56 Å². The summed E-state index contributed by atoms with van der Waals surface area (Å²) < 4.78 is 40.1. The van der Waals surface area contributed by atoms with Crippen LogP contribution in [0.3, 0.4) is 0 Å². The Morgan fingerprint density at radius 1 is 1.28 bits per heavy atom. The molecule has 2 rings (SSSR count). The average Bonchev–Trinajstić information content (AvgIpc) is 2.57. The maximum absolute atomic E-state index is 13.0. The molecule has 4 N–H and O–H groups in total. The highest BCUT2D eigenvalue weighted by molar-refractivity contribution is 5.61. The Morgan fingerprint density at radius 2 is 1.89 bits per heavy atom. The molecule has 18 heavy (non-hydrogen) atoms. The van der Waals surface area contributed by atoms with E-state index >= 15 is 0 Å². The number of halogens is 3. The number of pyridine rings is 1. The first-order valence-corrected chi connectivity index (χ1v) is 5.23. The number of rotatable bonds is 1. The van der Waals surface area contributed by atoms with Gasteiger partial charge in [0.25, 0.3) is 0 Å². The van der Waals surface area contributed by atoms with E-state index in [1.54, 1.807) is 13.8 Å². The van der Waals surface area contributed by atoms with Gasteiger partial charge in [0.2, 0.25) is 5.95 Å². The van der Waals surface area contributed by atoms with Crippen LogP contribution in [0.2, 0.25) is 0 Å². The molecule has 0 amide bonds. The highest BCUT2D eigenvalue weighted by Crippen LogP contribution is 2.38. The summed E-state index contributed by atoms with van der Waals surface area (Å²) >= 11 is 0. The first kappa shape index (κ1) is 12.5. The van der Waals surface area contributed by atoms with E-state index in [9.17, 15) is 13.2 Å². The molecule has 98 valence electrons. The summed E-state index contributed by atoms with van der Waals surface area (Å²) in [6.45, 7) is 3.29. The van der Waals surface area contributed by atoms with E-state index in [1.165, 1.54) is 0 Å². The summed E-state index contributed by atoms with van der Waals surface area (Å²) in [6, 6.07) is 0.858. The second kappa shape index (κ2) is 3.76. The van der Waals surface area contributed by atoms with Crippen molar-refractivity contribution in [3.05, 3.63) is 17.2 Å². The van der Waals surface area contributed by atoms with Gasteiger partial charge in [0.05, 0.1) is 5.56 Å². The Bertz CT molecular complexity index is 600. The van der Waals surface area contributed by atoms with Crippen LogP contribution in [0.4, 0.5) is 24.9 Å². The van der Waals surface area contributed by atoms with Gasteiger partial charge in [-0.3, -0.25) is 0 Å². The van der Waals surface area contributed by atoms with Crippen molar-refractivity contribution in [3.63, 3.8) is 0 Å². The monoisotopic (exact) mass is 259 g/mol. The molecule has 0 fully saturated rings. The number of hydrogen-bond donors (Lipinski definition) is 2. The standard InChI is InChI=1S/C10H12F3N5/c1-4(2)7-5(10(11,12)13)3-6(14)18-8(7)16-9(15)17-18/h3-4H,14H2,1-2H3,(H2,15,17). The van der Waals surface area contributed by atoms with E-state index in [0.717, 1.165) is 10.6 Å². The SMILES string of the molecule is CC(C)c1c(C(F)(F)F)cc(N)n2nc(N)nc12. The third-order valence-electron chi connectivity index (χ3n) is 2.57. The Balaban J connectivity index is 2.91. The molecule has 0 atom stereocenters. The predicted octanol–water partition coefficient (Wildman–Crippen LogP) is 2.04. The fourth-order valence-corrected chi connectivity index (χ4v) is 1.89. The molecule has 0 bridgehead atoms. The van der Waals surface area contributed by atoms with Crippen molar-refractivity contribution >= 4 is 17.4 Å². The van der Waals surface area contributed by atoms with Gasteiger partial charge < -0.3 is 11.5 Å². The van der Waals surface area contributed by atoms with E-state index in [-0.39, 0.29) is 28.9 Å². The van der Waals surface area contributed by atoms with Crippen LogP contribution < -0.4 is 11.5 Å².